The summed E-state index contributed by atoms with van der Waals surface area (Å²) in [5, 5.41) is 0. The van der Waals surface area contributed by atoms with Crippen molar-refractivity contribution in [3.8, 4) is 0 Å². The summed E-state index contributed by atoms with van der Waals surface area (Å²) in [7, 11) is 2.05. The lowest BCUT2D eigenvalue weighted by Gasteiger charge is -2.00. The second-order valence-corrected chi connectivity index (χ2v) is 3.47. The molecule has 74 valence electrons. The van der Waals surface area contributed by atoms with Crippen LogP contribution in [0, 0.1) is 0 Å². The topological polar surface area (TPSA) is 43.8 Å². The second-order valence-electron chi connectivity index (χ2n) is 3.47. The van der Waals surface area contributed by atoms with Crippen LogP contribution in [0.2, 0.25) is 0 Å². The Morgan fingerprint density at radius 3 is 2.86 bits per heavy atom. The fourth-order valence-electron chi connectivity index (χ4n) is 1.73. The Morgan fingerprint density at radius 1 is 1.43 bits per heavy atom. The fraction of sp³-hybridized carbons (Fsp3) is 0.364. The van der Waals surface area contributed by atoms with Gasteiger partial charge in [-0.05, 0) is 17.7 Å². The zero-order chi connectivity index (χ0) is 10.1. The third kappa shape index (κ3) is 1.30. The molecule has 1 aromatic heterocycles. The number of hydrogen-bond donors (Lipinski definition) is 1. The van der Waals surface area contributed by atoms with E-state index in [0.29, 0.717) is 6.54 Å². The molecule has 0 fully saturated rings. The van der Waals surface area contributed by atoms with Gasteiger partial charge in [0.05, 0.1) is 11.0 Å². The summed E-state index contributed by atoms with van der Waals surface area (Å²) in [6.07, 6.45) is 0.961. The maximum Gasteiger partial charge on any atom is 0.109 e. The molecule has 14 heavy (non-hydrogen) atoms. The first-order valence-corrected chi connectivity index (χ1v) is 4.90. The molecule has 0 bridgehead atoms. The molecule has 3 nitrogen and oxygen atoms in total. The van der Waals surface area contributed by atoms with E-state index in [4.69, 9.17) is 5.73 Å². The maximum atomic E-state index is 5.60. The molecule has 0 atom stereocenters. The van der Waals surface area contributed by atoms with Gasteiger partial charge in [-0.15, -0.1) is 0 Å². The minimum absolute atomic E-state index is 0.586. The van der Waals surface area contributed by atoms with Crippen molar-refractivity contribution in [1.82, 2.24) is 9.55 Å². The fourth-order valence-corrected chi connectivity index (χ4v) is 1.73. The molecule has 0 spiro atoms. The smallest absolute Gasteiger partial charge is 0.109 e. The van der Waals surface area contributed by atoms with Gasteiger partial charge in [-0.1, -0.05) is 13.0 Å². The Bertz CT molecular complexity index is 457. The van der Waals surface area contributed by atoms with Gasteiger partial charge in [0.15, 0.2) is 0 Å². The second kappa shape index (κ2) is 3.42. The van der Waals surface area contributed by atoms with Gasteiger partial charge < -0.3 is 10.3 Å². The molecule has 0 aliphatic carbocycles. The Labute approximate surface area is 83.6 Å². The van der Waals surface area contributed by atoms with Crippen LogP contribution in [0.15, 0.2) is 18.2 Å². The van der Waals surface area contributed by atoms with E-state index in [1.807, 2.05) is 12.1 Å². The summed E-state index contributed by atoms with van der Waals surface area (Å²) in [6.45, 7) is 2.70. The van der Waals surface area contributed by atoms with E-state index < -0.39 is 0 Å². The summed E-state index contributed by atoms with van der Waals surface area (Å²) >= 11 is 0. The predicted molar refractivity (Wildman–Crippen MR) is 58.0 cm³/mol. The lowest BCUT2D eigenvalue weighted by molar-refractivity contribution is 0.828. The van der Waals surface area contributed by atoms with Gasteiger partial charge in [0.25, 0.3) is 0 Å². The highest BCUT2D eigenvalue weighted by Crippen LogP contribution is 2.16. The Hall–Kier alpha value is -1.35. The standard InChI is InChI=1S/C11H15N3/c1-3-11-13-9-5-4-8(7-12)6-10(9)14(11)2/h4-6H,3,7,12H2,1-2H3. The monoisotopic (exact) mass is 189 g/mol. The third-order valence-electron chi connectivity index (χ3n) is 2.59. The molecule has 2 aromatic rings. The molecule has 0 amide bonds. The summed E-state index contributed by atoms with van der Waals surface area (Å²) in [5.41, 5.74) is 8.98. The van der Waals surface area contributed by atoms with Crippen molar-refractivity contribution in [3.63, 3.8) is 0 Å². The number of hydrogen-bond acceptors (Lipinski definition) is 2. The van der Waals surface area contributed by atoms with E-state index in [0.717, 1.165) is 23.3 Å². The minimum Gasteiger partial charge on any atom is -0.331 e. The van der Waals surface area contributed by atoms with Crippen LogP contribution in [0.5, 0.6) is 0 Å². The highest BCUT2D eigenvalue weighted by Gasteiger charge is 2.05. The van der Waals surface area contributed by atoms with E-state index in [2.05, 4.69) is 29.6 Å². The van der Waals surface area contributed by atoms with Crippen LogP contribution in [0.4, 0.5) is 0 Å². The molecule has 0 saturated heterocycles. The summed E-state index contributed by atoms with van der Waals surface area (Å²) in [4.78, 5) is 4.53. The van der Waals surface area contributed by atoms with Crippen LogP contribution in [0.3, 0.4) is 0 Å². The minimum atomic E-state index is 0.586. The van der Waals surface area contributed by atoms with Gasteiger partial charge in [-0.3, -0.25) is 0 Å². The zero-order valence-electron chi connectivity index (χ0n) is 8.62. The molecule has 2 rings (SSSR count). The SMILES string of the molecule is CCc1nc2ccc(CN)cc2n1C. The largest absolute Gasteiger partial charge is 0.331 e. The summed E-state index contributed by atoms with van der Waals surface area (Å²) < 4.78 is 2.13. The van der Waals surface area contributed by atoms with Crippen molar-refractivity contribution in [3.05, 3.63) is 29.6 Å². The van der Waals surface area contributed by atoms with E-state index in [-0.39, 0.29) is 0 Å². The van der Waals surface area contributed by atoms with Crippen LogP contribution in [0.25, 0.3) is 11.0 Å². The van der Waals surface area contributed by atoms with E-state index >= 15 is 0 Å². The lowest BCUT2D eigenvalue weighted by Crippen LogP contribution is -1.97. The van der Waals surface area contributed by atoms with Gasteiger partial charge in [0, 0.05) is 20.0 Å². The van der Waals surface area contributed by atoms with Gasteiger partial charge in [0.2, 0.25) is 0 Å². The molecular weight excluding hydrogens is 174 g/mol. The molecule has 0 radical (unpaired) electrons. The summed E-state index contributed by atoms with van der Waals surface area (Å²) in [6, 6.07) is 6.19. The molecule has 2 N–H and O–H groups in total. The molecular formula is C11H15N3. The van der Waals surface area contributed by atoms with Crippen LogP contribution in [-0.2, 0) is 20.0 Å². The van der Waals surface area contributed by atoms with E-state index in [9.17, 15) is 0 Å². The van der Waals surface area contributed by atoms with Gasteiger partial charge >= 0.3 is 0 Å². The highest BCUT2D eigenvalue weighted by atomic mass is 15.1. The van der Waals surface area contributed by atoms with Crippen molar-refractivity contribution in [2.45, 2.75) is 19.9 Å². The molecule has 1 aromatic carbocycles. The molecule has 0 aliphatic rings. The van der Waals surface area contributed by atoms with E-state index in [1.54, 1.807) is 0 Å². The van der Waals surface area contributed by atoms with Crippen molar-refractivity contribution in [1.29, 1.82) is 0 Å². The number of imidazole rings is 1. The number of rotatable bonds is 2. The van der Waals surface area contributed by atoms with Crippen LogP contribution >= 0.6 is 0 Å². The number of fused-ring (bicyclic) bond motifs is 1. The zero-order valence-corrected chi connectivity index (χ0v) is 8.62. The Morgan fingerprint density at radius 2 is 2.21 bits per heavy atom. The number of aryl methyl sites for hydroxylation is 2. The number of benzene rings is 1. The number of nitrogens with two attached hydrogens (primary N) is 1. The van der Waals surface area contributed by atoms with Crippen molar-refractivity contribution in [2.24, 2.45) is 12.8 Å². The Kier molecular flexibility index (Phi) is 2.25. The number of aromatic nitrogens is 2. The molecule has 3 heteroatoms. The number of nitrogens with zero attached hydrogens (tertiary/aromatic N) is 2. The van der Waals surface area contributed by atoms with Crippen molar-refractivity contribution < 1.29 is 0 Å². The average Bonchev–Trinajstić information content (AvgIpc) is 2.55. The molecule has 1 heterocycles. The lowest BCUT2D eigenvalue weighted by atomic mass is 10.2. The van der Waals surface area contributed by atoms with Crippen LogP contribution in [0.1, 0.15) is 18.3 Å². The summed E-state index contributed by atoms with van der Waals surface area (Å²) in [5.74, 6) is 1.12. The van der Waals surface area contributed by atoms with Gasteiger partial charge in [-0.25, -0.2) is 4.98 Å². The molecule has 0 saturated carbocycles. The molecule has 0 unspecified atom stereocenters. The first-order valence-electron chi connectivity index (χ1n) is 4.90. The molecule has 0 aliphatic heterocycles. The normalized spacial score (nSPS) is 11.1. The third-order valence-corrected chi connectivity index (χ3v) is 2.59. The van der Waals surface area contributed by atoms with Crippen LogP contribution < -0.4 is 5.73 Å². The van der Waals surface area contributed by atoms with Crippen molar-refractivity contribution in [2.75, 3.05) is 0 Å². The quantitative estimate of drug-likeness (QED) is 0.779. The van der Waals surface area contributed by atoms with Crippen molar-refractivity contribution >= 4 is 11.0 Å². The van der Waals surface area contributed by atoms with E-state index in [1.165, 1.54) is 5.52 Å². The van der Waals surface area contributed by atoms with Crippen LogP contribution in [-0.4, -0.2) is 9.55 Å². The average molecular weight is 189 g/mol. The first-order chi connectivity index (χ1) is 6.76. The highest BCUT2D eigenvalue weighted by molar-refractivity contribution is 5.76. The first kappa shape index (κ1) is 9.21. The van der Waals surface area contributed by atoms with Gasteiger partial charge in [-0.2, -0.15) is 0 Å². The Balaban J connectivity index is 2.68. The predicted octanol–water partition coefficient (Wildman–Crippen LogP) is 1.59. The maximum absolute atomic E-state index is 5.60. The van der Waals surface area contributed by atoms with Gasteiger partial charge in [0.1, 0.15) is 5.82 Å².